The fourth-order valence-corrected chi connectivity index (χ4v) is 2.51. The van der Waals surface area contributed by atoms with Gasteiger partial charge >= 0.3 is 0 Å². The van der Waals surface area contributed by atoms with Crippen LogP contribution in [0.1, 0.15) is 19.3 Å². The fraction of sp³-hybridized carbons (Fsp3) is 0.500. The molecular weight excluding hydrogens is 208 g/mol. The number of nitrogens with one attached hydrogen (secondary N) is 1. The Morgan fingerprint density at radius 2 is 2.20 bits per heavy atom. The highest BCUT2D eigenvalue weighted by Crippen LogP contribution is 2.40. The van der Waals surface area contributed by atoms with Gasteiger partial charge in [0.05, 0.1) is 16.4 Å². The van der Waals surface area contributed by atoms with Gasteiger partial charge < -0.3 is 10.2 Å². The van der Waals surface area contributed by atoms with Crippen molar-refractivity contribution in [2.75, 3.05) is 23.3 Å². The predicted octanol–water partition coefficient (Wildman–Crippen LogP) is 3.12. The van der Waals surface area contributed by atoms with Crippen molar-refractivity contribution in [3.05, 3.63) is 23.2 Å². The summed E-state index contributed by atoms with van der Waals surface area (Å²) in [4.78, 5) is 2.52. The number of halogens is 1. The smallest absolute Gasteiger partial charge is 0.0767 e. The normalized spacial score (nSPS) is 20.5. The molecule has 0 unspecified atom stereocenters. The molecule has 0 saturated heterocycles. The molecule has 3 heteroatoms. The molecule has 80 valence electrons. The molecule has 0 amide bonds. The van der Waals surface area contributed by atoms with Crippen molar-refractivity contribution in [1.29, 1.82) is 0 Å². The van der Waals surface area contributed by atoms with Crippen LogP contribution in [0, 0.1) is 0 Å². The molecule has 0 aromatic heterocycles. The number of hydrogen-bond acceptors (Lipinski definition) is 2. The number of hydrogen-bond donors (Lipinski definition) is 1. The molecule has 1 heterocycles. The quantitative estimate of drug-likeness (QED) is 0.786. The van der Waals surface area contributed by atoms with Crippen molar-refractivity contribution in [2.24, 2.45) is 0 Å². The SMILES string of the molecule is Clc1cccc2c1NCCCN2C1CC1. The second-order valence-electron chi connectivity index (χ2n) is 4.34. The van der Waals surface area contributed by atoms with Crippen molar-refractivity contribution < 1.29 is 0 Å². The van der Waals surface area contributed by atoms with Gasteiger partial charge in [0, 0.05) is 19.1 Å². The molecule has 1 aliphatic carbocycles. The summed E-state index contributed by atoms with van der Waals surface area (Å²) in [5.74, 6) is 0. The van der Waals surface area contributed by atoms with Crippen LogP contribution in [0.15, 0.2) is 18.2 Å². The van der Waals surface area contributed by atoms with Crippen molar-refractivity contribution in [3.63, 3.8) is 0 Å². The summed E-state index contributed by atoms with van der Waals surface area (Å²) in [7, 11) is 0. The monoisotopic (exact) mass is 222 g/mol. The highest BCUT2D eigenvalue weighted by Gasteiger charge is 2.31. The Bertz CT molecular complexity index is 374. The average Bonchev–Trinajstić information content (AvgIpc) is 3.03. The van der Waals surface area contributed by atoms with Gasteiger partial charge in [-0.2, -0.15) is 0 Å². The maximum Gasteiger partial charge on any atom is 0.0767 e. The molecule has 0 bridgehead atoms. The fourth-order valence-electron chi connectivity index (χ4n) is 2.28. The molecule has 1 aromatic carbocycles. The molecule has 1 fully saturated rings. The van der Waals surface area contributed by atoms with E-state index in [1.54, 1.807) is 0 Å². The minimum Gasteiger partial charge on any atom is -0.382 e. The first-order chi connectivity index (χ1) is 7.36. The molecule has 0 spiro atoms. The summed E-state index contributed by atoms with van der Waals surface area (Å²) in [5, 5.41) is 4.28. The Morgan fingerprint density at radius 3 is 3.00 bits per heavy atom. The zero-order valence-electron chi connectivity index (χ0n) is 8.67. The van der Waals surface area contributed by atoms with E-state index in [9.17, 15) is 0 Å². The molecule has 1 saturated carbocycles. The van der Waals surface area contributed by atoms with Gasteiger partial charge in [0.15, 0.2) is 0 Å². The second-order valence-corrected chi connectivity index (χ2v) is 4.75. The van der Waals surface area contributed by atoms with Crippen LogP contribution in [0.3, 0.4) is 0 Å². The summed E-state index contributed by atoms with van der Waals surface area (Å²) in [5.41, 5.74) is 2.42. The van der Waals surface area contributed by atoms with Gasteiger partial charge in [0.25, 0.3) is 0 Å². The van der Waals surface area contributed by atoms with E-state index in [0.29, 0.717) is 0 Å². The van der Waals surface area contributed by atoms with Crippen LogP contribution < -0.4 is 10.2 Å². The topological polar surface area (TPSA) is 15.3 Å². The first-order valence-electron chi connectivity index (χ1n) is 5.65. The third-order valence-electron chi connectivity index (χ3n) is 3.17. The first-order valence-corrected chi connectivity index (χ1v) is 6.03. The molecule has 3 rings (SSSR count). The average molecular weight is 223 g/mol. The number of anilines is 2. The summed E-state index contributed by atoms with van der Waals surface area (Å²) < 4.78 is 0. The molecule has 0 atom stereocenters. The Balaban J connectivity index is 2.04. The lowest BCUT2D eigenvalue weighted by Crippen LogP contribution is -2.26. The maximum atomic E-state index is 6.22. The minimum atomic E-state index is 0.766. The van der Waals surface area contributed by atoms with Crippen LogP contribution in [0.25, 0.3) is 0 Å². The first kappa shape index (κ1) is 9.34. The standard InChI is InChI=1S/C12H15ClN2/c13-10-3-1-4-11-12(10)14-7-2-8-15(11)9-5-6-9/h1,3-4,9,14H,2,5-8H2. The Labute approximate surface area is 95.2 Å². The van der Waals surface area contributed by atoms with Crippen molar-refractivity contribution in [2.45, 2.75) is 25.3 Å². The molecular formula is C12H15ClN2. The third kappa shape index (κ3) is 1.67. The zero-order valence-corrected chi connectivity index (χ0v) is 9.43. The van der Waals surface area contributed by atoms with E-state index in [4.69, 9.17) is 11.6 Å². The summed E-state index contributed by atoms with van der Waals surface area (Å²) in [6.45, 7) is 2.19. The van der Waals surface area contributed by atoms with E-state index < -0.39 is 0 Å². The van der Waals surface area contributed by atoms with Gasteiger partial charge in [-0.05, 0) is 31.4 Å². The van der Waals surface area contributed by atoms with Crippen LogP contribution in [0.2, 0.25) is 5.02 Å². The number of fused-ring (bicyclic) bond motifs is 1. The Kier molecular flexibility index (Phi) is 2.24. The van der Waals surface area contributed by atoms with Gasteiger partial charge in [-0.25, -0.2) is 0 Å². The number of para-hydroxylation sites is 1. The van der Waals surface area contributed by atoms with Crippen LogP contribution >= 0.6 is 11.6 Å². The van der Waals surface area contributed by atoms with E-state index in [-0.39, 0.29) is 0 Å². The molecule has 1 N–H and O–H groups in total. The van der Waals surface area contributed by atoms with Crippen LogP contribution in [-0.2, 0) is 0 Å². The van der Waals surface area contributed by atoms with Crippen LogP contribution in [-0.4, -0.2) is 19.1 Å². The van der Waals surface area contributed by atoms with Crippen molar-refractivity contribution >= 4 is 23.0 Å². The van der Waals surface area contributed by atoms with Gasteiger partial charge in [0.1, 0.15) is 0 Å². The number of benzene rings is 1. The van der Waals surface area contributed by atoms with Gasteiger partial charge in [-0.3, -0.25) is 0 Å². The van der Waals surface area contributed by atoms with Gasteiger partial charge in [-0.15, -0.1) is 0 Å². The maximum absolute atomic E-state index is 6.22. The Morgan fingerprint density at radius 1 is 1.33 bits per heavy atom. The largest absolute Gasteiger partial charge is 0.382 e. The Hall–Kier alpha value is -0.890. The van der Waals surface area contributed by atoms with Crippen molar-refractivity contribution in [3.8, 4) is 0 Å². The van der Waals surface area contributed by atoms with Gasteiger partial charge in [0.2, 0.25) is 0 Å². The lowest BCUT2D eigenvalue weighted by Gasteiger charge is -2.24. The minimum absolute atomic E-state index is 0.766. The van der Waals surface area contributed by atoms with Crippen molar-refractivity contribution in [1.82, 2.24) is 0 Å². The molecule has 2 nitrogen and oxygen atoms in total. The molecule has 15 heavy (non-hydrogen) atoms. The zero-order chi connectivity index (χ0) is 10.3. The van der Waals surface area contributed by atoms with E-state index in [0.717, 1.165) is 29.8 Å². The summed E-state index contributed by atoms with van der Waals surface area (Å²) >= 11 is 6.22. The molecule has 1 aromatic rings. The summed E-state index contributed by atoms with van der Waals surface area (Å²) in [6.07, 6.45) is 3.87. The lowest BCUT2D eigenvalue weighted by molar-refractivity contribution is 0.760. The van der Waals surface area contributed by atoms with Crippen LogP contribution in [0.5, 0.6) is 0 Å². The highest BCUT2D eigenvalue weighted by molar-refractivity contribution is 6.34. The van der Waals surface area contributed by atoms with E-state index in [1.807, 2.05) is 12.1 Å². The number of rotatable bonds is 1. The van der Waals surface area contributed by atoms with E-state index >= 15 is 0 Å². The van der Waals surface area contributed by atoms with Crippen LogP contribution in [0.4, 0.5) is 11.4 Å². The third-order valence-corrected chi connectivity index (χ3v) is 3.48. The van der Waals surface area contributed by atoms with E-state index in [1.165, 1.54) is 24.9 Å². The molecule has 1 aliphatic heterocycles. The lowest BCUT2D eigenvalue weighted by atomic mass is 10.2. The molecule has 2 aliphatic rings. The predicted molar refractivity (Wildman–Crippen MR) is 64.9 cm³/mol. The highest BCUT2D eigenvalue weighted by atomic mass is 35.5. The number of nitrogens with zero attached hydrogens (tertiary/aromatic N) is 1. The molecule has 0 radical (unpaired) electrons. The second kappa shape index (κ2) is 3.60. The van der Waals surface area contributed by atoms with E-state index in [2.05, 4.69) is 16.3 Å². The summed E-state index contributed by atoms with van der Waals surface area (Å²) in [6, 6.07) is 6.95. The van der Waals surface area contributed by atoms with Gasteiger partial charge in [-0.1, -0.05) is 17.7 Å².